The zero-order chi connectivity index (χ0) is 17.9. The molecule has 4 heterocycles. The molecule has 7 heteroatoms. The van der Waals surface area contributed by atoms with E-state index in [1.165, 1.54) is 12.4 Å². The molecule has 3 saturated heterocycles. The number of aryl methyl sites for hydroxylation is 1. The third-order valence-electron chi connectivity index (χ3n) is 5.59. The molecule has 3 aliphatic heterocycles. The van der Waals surface area contributed by atoms with Gasteiger partial charge in [0, 0.05) is 17.3 Å². The second-order valence-electron chi connectivity index (χ2n) is 7.27. The van der Waals surface area contributed by atoms with Crippen LogP contribution in [-0.4, -0.2) is 45.7 Å². The topological polar surface area (TPSA) is 58.6 Å². The first-order valence-corrected chi connectivity index (χ1v) is 8.86. The Morgan fingerprint density at radius 1 is 1.23 bits per heavy atom. The number of halogens is 1. The summed E-state index contributed by atoms with van der Waals surface area (Å²) in [4.78, 5) is 25.3. The number of anilines is 1. The SMILES string of the molecule is Cc1cc(N2CC3(C2)O[C@@H]2CC[C@@H](c4ccccc4F)N2C3=O)ncn1. The molecular weight excluding hydrogens is 335 g/mol. The molecule has 1 spiro atoms. The Balaban J connectivity index is 1.38. The number of amides is 1. The quantitative estimate of drug-likeness (QED) is 0.828. The second-order valence-corrected chi connectivity index (χ2v) is 7.27. The Morgan fingerprint density at radius 3 is 2.81 bits per heavy atom. The average molecular weight is 354 g/mol. The number of nitrogens with zero attached hydrogens (tertiary/aromatic N) is 4. The fourth-order valence-corrected chi connectivity index (χ4v) is 4.32. The van der Waals surface area contributed by atoms with Crippen LogP contribution in [0.2, 0.25) is 0 Å². The molecular formula is C19H19FN4O2. The van der Waals surface area contributed by atoms with Gasteiger partial charge in [-0.2, -0.15) is 0 Å². The number of ether oxygens (including phenoxy) is 1. The predicted octanol–water partition coefficient (Wildman–Crippen LogP) is 2.20. The fourth-order valence-electron chi connectivity index (χ4n) is 4.32. The van der Waals surface area contributed by atoms with Crippen molar-refractivity contribution in [2.45, 2.75) is 37.6 Å². The van der Waals surface area contributed by atoms with Crippen molar-refractivity contribution in [3.8, 4) is 0 Å². The Hall–Kier alpha value is -2.54. The molecule has 0 N–H and O–H groups in total. The molecule has 1 aromatic heterocycles. The number of carbonyl (C=O) groups excluding carboxylic acids is 1. The fraction of sp³-hybridized carbons (Fsp3) is 0.421. The van der Waals surface area contributed by atoms with Crippen LogP contribution in [0, 0.1) is 12.7 Å². The number of hydrogen-bond acceptors (Lipinski definition) is 5. The lowest BCUT2D eigenvalue weighted by molar-refractivity contribution is -0.140. The summed E-state index contributed by atoms with van der Waals surface area (Å²) in [5.74, 6) is 0.506. The average Bonchev–Trinajstić information content (AvgIpc) is 3.12. The molecule has 6 nitrogen and oxygen atoms in total. The van der Waals surface area contributed by atoms with Gasteiger partial charge >= 0.3 is 0 Å². The van der Waals surface area contributed by atoms with Crippen molar-refractivity contribution in [1.82, 2.24) is 14.9 Å². The monoisotopic (exact) mass is 354 g/mol. The minimum atomic E-state index is -0.826. The van der Waals surface area contributed by atoms with Crippen LogP contribution in [0.1, 0.15) is 30.1 Å². The van der Waals surface area contributed by atoms with Gasteiger partial charge in [0.2, 0.25) is 0 Å². The lowest BCUT2D eigenvalue weighted by atomic mass is 9.91. The third kappa shape index (κ3) is 2.16. The second kappa shape index (κ2) is 5.48. The molecule has 0 bridgehead atoms. The molecule has 0 saturated carbocycles. The van der Waals surface area contributed by atoms with Gasteiger partial charge in [-0.1, -0.05) is 18.2 Å². The summed E-state index contributed by atoms with van der Waals surface area (Å²) in [7, 11) is 0. The first-order valence-electron chi connectivity index (χ1n) is 8.86. The number of carbonyl (C=O) groups is 1. The molecule has 1 aromatic carbocycles. The van der Waals surface area contributed by atoms with E-state index >= 15 is 0 Å². The van der Waals surface area contributed by atoms with Gasteiger partial charge in [-0.15, -0.1) is 0 Å². The van der Waals surface area contributed by atoms with E-state index in [1.54, 1.807) is 17.0 Å². The van der Waals surface area contributed by atoms with Gasteiger partial charge in [0.1, 0.15) is 24.2 Å². The molecule has 0 radical (unpaired) electrons. The van der Waals surface area contributed by atoms with E-state index in [0.29, 0.717) is 18.7 Å². The van der Waals surface area contributed by atoms with Gasteiger partial charge in [0.15, 0.2) is 5.60 Å². The minimum Gasteiger partial charge on any atom is -0.349 e. The first-order chi connectivity index (χ1) is 12.6. The van der Waals surface area contributed by atoms with Crippen LogP contribution in [-0.2, 0) is 9.53 Å². The van der Waals surface area contributed by atoms with Gasteiger partial charge in [-0.25, -0.2) is 14.4 Å². The molecule has 134 valence electrons. The van der Waals surface area contributed by atoms with E-state index < -0.39 is 5.60 Å². The van der Waals surface area contributed by atoms with Crippen molar-refractivity contribution in [3.05, 3.63) is 53.7 Å². The molecule has 3 aliphatic rings. The summed E-state index contributed by atoms with van der Waals surface area (Å²) in [5, 5.41) is 0. The predicted molar refractivity (Wildman–Crippen MR) is 91.8 cm³/mol. The van der Waals surface area contributed by atoms with E-state index in [0.717, 1.165) is 24.4 Å². The molecule has 1 amide bonds. The van der Waals surface area contributed by atoms with E-state index in [4.69, 9.17) is 4.74 Å². The van der Waals surface area contributed by atoms with Crippen molar-refractivity contribution in [1.29, 1.82) is 0 Å². The molecule has 5 rings (SSSR count). The molecule has 2 atom stereocenters. The van der Waals surface area contributed by atoms with Crippen LogP contribution in [0.3, 0.4) is 0 Å². The van der Waals surface area contributed by atoms with Crippen molar-refractivity contribution >= 4 is 11.7 Å². The van der Waals surface area contributed by atoms with E-state index in [9.17, 15) is 9.18 Å². The van der Waals surface area contributed by atoms with Crippen LogP contribution < -0.4 is 4.90 Å². The maximum atomic E-state index is 14.2. The Labute approximate surface area is 150 Å². The van der Waals surface area contributed by atoms with Crippen molar-refractivity contribution in [2.75, 3.05) is 18.0 Å². The van der Waals surface area contributed by atoms with Crippen LogP contribution in [0.4, 0.5) is 10.2 Å². The van der Waals surface area contributed by atoms with Crippen LogP contribution in [0.5, 0.6) is 0 Å². The highest BCUT2D eigenvalue weighted by Gasteiger charge is 2.63. The first kappa shape index (κ1) is 15.7. The number of fused-ring (bicyclic) bond motifs is 1. The lowest BCUT2D eigenvalue weighted by Crippen LogP contribution is -2.67. The summed E-state index contributed by atoms with van der Waals surface area (Å²) < 4.78 is 20.4. The van der Waals surface area contributed by atoms with Crippen molar-refractivity contribution in [2.24, 2.45) is 0 Å². The minimum absolute atomic E-state index is 0.0321. The van der Waals surface area contributed by atoms with Gasteiger partial charge in [0.05, 0.1) is 19.1 Å². The number of benzene rings is 1. The molecule has 3 fully saturated rings. The summed E-state index contributed by atoms with van der Waals surface area (Å²) >= 11 is 0. The summed E-state index contributed by atoms with van der Waals surface area (Å²) in [5.41, 5.74) is 0.634. The lowest BCUT2D eigenvalue weighted by Gasteiger charge is -2.46. The van der Waals surface area contributed by atoms with Crippen LogP contribution in [0.15, 0.2) is 36.7 Å². The normalized spacial score (nSPS) is 26.3. The van der Waals surface area contributed by atoms with E-state index in [2.05, 4.69) is 9.97 Å². The van der Waals surface area contributed by atoms with Gasteiger partial charge in [-0.05, 0) is 25.8 Å². The molecule has 0 unspecified atom stereocenters. The highest BCUT2D eigenvalue weighted by molar-refractivity contribution is 5.91. The van der Waals surface area contributed by atoms with Crippen molar-refractivity contribution in [3.63, 3.8) is 0 Å². The van der Waals surface area contributed by atoms with Crippen LogP contribution >= 0.6 is 0 Å². The van der Waals surface area contributed by atoms with Gasteiger partial charge in [-0.3, -0.25) is 4.79 Å². The summed E-state index contributed by atoms with van der Waals surface area (Å²) in [6, 6.07) is 8.34. The smallest absolute Gasteiger partial charge is 0.261 e. The van der Waals surface area contributed by atoms with Crippen molar-refractivity contribution < 1.29 is 13.9 Å². The van der Waals surface area contributed by atoms with Gasteiger partial charge < -0.3 is 14.5 Å². The van der Waals surface area contributed by atoms with E-state index in [-0.39, 0.29) is 24.0 Å². The Bertz CT molecular complexity index is 883. The third-order valence-corrected chi connectivity index (χ3v) is 5.59. The highest BCUT2D eigenvalue weighted by atomic mass is 19.1. The highest BCUT2D eigenvalue weighted by Crippen LogP contribution is 2.48. The maximum Gasteiger partial charge on any atom is 0.261 e. The Morgan fingerprint density at radius 2 is 2.04 bits per heavy atom. The molecule has 0 aliphatic carbocycles. The Kier molecular flexibility index (Phi) is 3.31. The zero-order valence-corrected chi connectivity index (χ0v) is 14.4. The summed E-state index contributed by atoms with van der Waals surface area (Å²) in [6.45, 7) is 2.85. The van der Waals surface area contributed by atoms with Crippen LogP contribution in [0.25, 0.3) is 0 Å². The molecule has 26 heavy (non-hydrogen) atoms. The number of rotatable bonds is 2. The standard InChI is InChI=1S/C19H19FN4O2/c1-12-8-16(22-11-21-12)23-9-19(10-23)18(25)24-15(6-7-17(24)26-19)13-4-2-3-5-14(13)20/h2-5,8,11,15,17H,6-7,9-10H2,1H3/t15-,17+/m0/s1. The molecule has 2 aromatic rings. The van der Waals surface area contributed by atoms with E-state index in [1.807, 2.05) is 24.0 Å². The largest absolute Gasteiger partial charge is 0.349 e. The number of aromatic nitrogens is 2. The van der Waals surface area contributed by atoms with Gasteiger partial charge in [0.25, 0.3) is 5.91 Å². The summed E-state index contributed by atoms with van der Waals surface area (Å²) in [6.07, 6.45) is 2.72. The zero-order valence-electron chi connectivity index (χ0n) is 14.4. The number of hydrogen-bond donors (Lipinski definition) is 0. The maximum absolute atomic E-state index is 14.2.